The van der Waals surface area contributed by atoms with Crippen LogP contribution < -0.4 is 0 Å². The van der Waals surface area contributed by atoms with Gasteiger partial charge in [-0.15, -0.1) is 0 Å². The van der Waals surface area contributed by atoms with Crippen LogP contribution in [0.1, 0.15) is 102 Å². The molecule has 0 aliphatic carbocycles. The third kappa shape index (κ3) is 8.03. The Bertz CT molecular complexity index is 329. The molecule has 0 aliphatic rings. The maximum absolute atomic E-state index is 14.8. The first-order valence-corrected chi connectivity index (χ1v) is 9.76. The highest BCUT2D eigenvalue weighted by Gasteiger charge is 2.36. The first-order chi connectivity index (χ1) is 10.1. The van der Waals surface area contributed by atoms with Crippen LogP contribution in [0.25, 0.3) is 0 Å². The van der Waals surface area contributed by atoms with Gasteiger partial charge in [-0.3, -0.25) is 0 Å². The van der Waals surface area contributed by atoms with Gasteiger partial charge >= 0.3 is 0 Å². The fourth-order valence-corrected chi connectivity index (χ4v) is 3.79. The summed E-state index contributed by atoms with van der Waals surface area (Å²) in [6, 6.07) is 0. The van der Waals surface area contributed by atoms with Crippen molar-refractivity contribution >= 4 is 0 Å². The summed E-state index contributed by atoms with van der Waals surface area (Å²) in [6.45, 7) is 24.7. The fourth-order valence-electron chi connectivity index (χ4n) is 3.79. The normalized spacial score (nSPS) is 19.3. The molecule has 0 radical (unpaired) electrons. The zero-order valence-electron chi connectivity index (χ0n) is 18.0. The maximum atomic E-state index is 14.8. The number of hydrogen-bond acceptors (Lipinski definition) is 0. The molecule has 0 bridgehead atoms. The Balaban J connectivity index is 4.74. The van der Waals surface area contributed by atoms with E-state index in [1.165, 1.54) is 12.8 Å². The van der Waals surface area contributed by atoms with E-state index in [9.17, 15) is 4.39 Å². The molecule has 0 fully saturated rings. The number of hydrogen-bond donors (Lipinski definition) is 0. The first-order valence-electron chi connectivity index (χ1n) is 9.76. The van der Waals surface area contributed by atoms with E-state index in [-0.39, 0.29) is 11.3 Å². The minimum atomic E-state index is -0.711. The lowest BCUT2D eigenvalue weighted by Crippen LogP contribution is -2.34. The van der Waals surface area contributed by atoms with Crippen LogP contribution in [0.15, 0.2) is 0 Å². The predicted octanol–water partition coefficient (Wildman–Crippen LogP) is 7.91. The van der Waals surface area contributed by atoms with E-state index in [0.29, 0.717) is 22.7 Å². The zero-order chi connectivity index (χ0) is 18.6. The summed E-state index contributed by atoms with van der Waals surface area (Å²) in [5, 5.41) is 0. The molecule has 1 heteroatoms. The summed E-state index contributed by atoms with van der Waals surface area (Å²) < 4.78 is 14.8. The lowest BCUT2D eigenvalue weighted by Gasteiger charge is -2.39. The highest BCUT2D eigenvalue weighted by Crippen LogP contribution is 2.42. The summed E-state index contributed by atoms with van der Waals surface area (Å²) in [7, 11) is 0. The molecule has 0 aromatic carbocycles. The van der Waals surface area contributed by atoms with E-state index < -0.39 is 6.17 Å². The molecule has 0 saturated heterocycles. The SMILES string of the molecule is CCC(C(C)CCC(C)(C)C(C)CC(C)(C)C)C(F)C(C)(C)C. The van der Waals surface area contributed by atoms with Crippen LogP contribution >= 0.6 is 0 Å². The molecule has 0 rings (SSSR count). The molecule has 0 amide bonds. The maximum Gasteiger partial charge on any atom is 0.108 e. The molecule has 0 spiro atoms. The van der Waals surface area contributed by atoms with E-state index >= 15 is 0 Å². The monoisotopic (exact) mass is 328 g/mol. The van der Waals surface area contributed by atoms with Gasteiger partial charge in [0.05, 0.1) is 0 Å². The molecule has 0 heterocycles. The van der Waals surface area contributed by atoms with E-state index in [1.807, 2.05) is 20.8 Å². The van der Waals surface area contributed by atoms with Gasteiger partial charge in [0.15, 0.2) is 0 Å². The van der Waals surface area contributed by atoms with Gasteiger partial charge in [-0.1, -0.05) is 82.6 Å². The van der Waals surface area contributed by atoms with Crippen molar-refractivity contribution in [1.82, 2.24) is 0 Å². The molecule has 0 aromatic rings. The van der Waals surface area contributed by atoms with E-state index in [0.717, 1.165) is 12.8 Å². The molecule has 0 N–H and O–H groups in total. The van der Waals surface area contributed by atoms with Crippen molar-refractivity contribution < 1.29 is 4.39 Å². The number of rotatable bonds is 8. The van der Waals surface area contributed by atoms with Crippen LogP contribution in [0.3, 0.4) is 0 Å². The molecule has 0 aromatic heterocycles. The van der Waals surface area contributed by atoms with Gasteiger partial charge in [0.25, 0.3) is 0 Å². The largest absolute Gasteiger partial charge is 0.247 e. The summed E-state index contributed by atoms with van der Waals surface area (Å²) >= 11 is 0. The average molecular weight is 329 g/mol. The van der Waals surface area contributed by atoms with Crippen LogP contribution in [0.2, 0.25) is 0 Å². The summed E-state index contributed by atoms with van der Waals surface area (Å²) in [5.74, 6) is 1.33. The number of alkyl halides is 1. The minimum Gasteiger partial charge on any atom is -0.247 e. The van der Waals surface area contributed by atoms with E-state index in [2.05, 4.69) is 55.4 Å². The van der Waals surface area contributed by atoms with Crippen molar-refractivity contribution in [2.75, 3.05) is 0 Å². The highest BCUT2D eigenvalue weighted by atomic mass is 19.1. The molecule has 4 unspecified atom stereocenters. The predicted molar refractivity (Wildman–Crippen MR) is 104 cm³/mol. The van der Waals surface area contributed by atoms with Crippen LogP contribution in [0.5, 0.6) is 0 Å². The number of halogens is 1. The van der Waals surface area contributed by atoms with E-state index in [4.69, 9.17) is 0 Å². The lowest BCUT2D eigenvalue weighted by molar-refractivity contribution is 0.0540. The molecular formula is C22H45F. The Morgan fingerprint density at radius 3 is 1.70 bits per heavy atom. The molecule has 0 nitrogen and oxygen atoms in total. The average Bonchev–Trinajstić information content (AvgIpc) is 2.34. The summed E-state index contributed by atoms with van der Waals surface area (Å²) in [5.41, 5.74) is 0.460. The summed E-state index contributed by atoms with van der Waals surface area (Å²) in [4.78, 5) is 0. The standard InChI is InChI=1S/C22H45F/c1-12-18(19(23)21(7,8)9)16(2)13-14-22(10,11)17(3)15-20(4,5)6/h16-19H,12-15H2,1-11H3. The molecule has 4 atom stereocenters. The van der Waals surface area contributed by atoms with Crippen LogP contribution in [-0.4, -0.2) is 6.17 Å². The molecule has 23 heavy (non-hydrogen) atoms. The first kappa shape index (κ1) is 22.9. The van der Waals surface area contributed by atoms with Gasteiger partial charge in [-0.25, -0.2) is 4.39 Å². The van der Waals surface area contributed by atoms with Crippen molar-refractivity contribution in [1.29, 1.82) is 0 Å². The smallest absolute Gasteiger partial charge is 0.108 e. The van der Waals surface area contributed by atoms with Crippen molar-refractivity contribution in [3.8, 4) is 0 Å². The lowest BCUT2D eigenvalue weighted by atomic mass is 9.67. The van der Waals surface area contributed by atoms with Gasteiger partial charge in [-0.05, 0) is 53.3 Å². The Kier molecular flexibility index (Phi) is 8.32. The van der Waals surface area contributed by atoms with Crippen molar-refractivity contribution in [2.24, 2.45) is 34.0 Å². The third-order valence-electron chi connectivity index (χ3n) is 5.90. The topological polar surface area (TPSA) is 0 Å². The Hall–Kier alpha value is -0.0700. The van der Waals surface area contributed by atoms with Gasteiger partial charge < -0.3 is 0 Å². The van der Waals surface area contributed by atoms with Gasteiger partial charge in [0, 0.05) is 0 Å². The second-order valence-electron chi connectivity index (χ2n) is 11.0. The molecule has 0 saturated carbocycles. The fraction of sp³-hybridized carbons (Fsp3) is 1.00. The molecular weight excluding hydrogens is 283 g/mol. The highest BCUT2D eigenvalue weighted by molar-refractivity contribution is 4.85. The Morgan fingerprint density at radius 1 is 0.870 bits per heavy atom. The minimum absolute atomic E-state index is 0.184. The molecule has 140 valence electrons. The van der Waals surface area contributed by atoms with Crippen LogP contribution in [0.4, 0.5) is 4.39 Å². The third-order valence-corrected chi connectivity index (χ3v) is 5.90. The van der Waals surface area contributed by atoms with Crippen LogP contribution in [-0.2, 0) is 0 Å². The second kappa shape index (κ2) is 8.34. The van der Waals surface area contributed by atoms with Gasteiger partial charge in [0.2, 0.25) is 0 Å². The summed E-state index contributed by atoms with van der Waals surface area (Å²) in [6.07, 6.45) is 3.81. The molecule has 0 aliphatic heterocycles. The van der Waals surface area contributed by atoms with Crippen molar-refractivity contribution in [3.63, 3.8) is 0 Å². The Labute approximate surface area is 147 Å². The zero-order valence-corrected chi connectivity index (χ0v) is 18.0. The second-order valence-corrected chi connectivity index (χ2v) is 11.0. The quantitative estimate of drug-likeness (QED) is 0.424. The van der Waals surface area contributed by atoms with Crippen LogP contribution in [0, 0.1) is 34.0 Å². The van der Waals surface area contributed by atoms with Crippen molar-refractivity contribution in [3.05, 3.63) is 0 Å². The van der Waals surface area contributed by atoms with E-state index in [1.54, 1.807) is 0 Å². The van der Waals surface area contributed by atoms with Gasteiger partial charge in [0.1, 0.15) is 6.17 Å². The van der Waals surface area contributed by atoms with Gasteiger partial charge in [-0.2, -0.15) is 0 Å². The Morgan fingerprint density at radius 2 is 1.35 bits per heavy atom. The van der Waals surface area contributed by atoms with Crippen molar-refractivity contribution in [2.45, 2.75) is 108 Å².